The maximum absolute atomic E-state index is 12.5. The van der Waals surface area contributed by atoms with Crippen molar-refractivity contribution in [2.24, 2.45) is 16.8 Å². The van der Waals surface area contributed by atoms with E-state index in [1.807, 2.05) is 0 Å². The zero-order valence-electron chi connectivity index (χ0n) is 9.50. The second-order valence-corrected chi connectivity index (χ2v) is 4.09. The number of amidine groups is 1. The van der Waals surface area contributed by atoms with Gasteiger partial charge in [0.15, 0.2) is 5.84 Å². The van der Waals surface area contributed by atoms with E-state index in [-0.39, 0.29) is 18.5 Å². The summed E-state index contributed by atoms with van der Waals surface area (Å²) in [6.07, 6.45) is -2.82. The third kappa shape index (κ3) is 4.78. The van der Waals surface area contributed by atoms with Crippen LogP contribution < -0.4 is 16.4 Å². The fourth-order valence-electron chi connectivity index (χ4n) is 1.29. The summed E-state index contributed by atoms with van der Waals surface area (Å²) in [7, 11) is 0. The fourth-order valence-corrected chi connectivity index (χ4v) is 1.29. The molecule has 1 aliphatic carbocycles. The molecule has 0 saturated heterocycles. The van der Waals surface area contributed by atoms with Crippen LogP contribution in [0.3, 0.4) is 0 Å². The maximum atomic E-state index is 12.5. The molecule has 1 amide bonds. The lowest BCUT2D eigenvalue weighted by atomic mass is 10.1. The average molecular weight is 268 g/mol. The summed E-state index contributed by atoms with van der Waals surface area (Å²) >= 11 is 0. The first-order chi connectivity index (χ1) is 8.34. The van der Waals surface area contributed by atoms with Crippen molar-refractivity contribution >= 4 is 11.7 Å². The van der Waals surface area contributed by atoms with Crippen molar-refractivity contribution < 1.29 is 23.2 Å². The average Bonchev–Trinajstić information content (AvgIpc) is 3.05. The highest BCUT2D eigenvalue weighted by Crippen LogP contribution is 2.25. The number of hydrogen-bond donors (Lipinski definition) is 4. The molecular formula is C9H15F3N4O2. The van der Waals surface area contributed by atoms with Gasteiger partial charge in [-0.25, -0.2) is 0 Å². The van der Waals surface area contributed by atoms with Gasteiger partial charge in [0.2, 0.25) is 5.91 Å². The van der Waals surface area contributed by atoms with Gasteiger partial charge in [0.05, 0.1) is 6.54 Å². The zero-order valence-corrected chi connectivity index (χ0v) is 9.50. The summed E-state index contributed by atoms with van der Waals surface area (Å²) in [6, 6.07) is 0.154. The lowest BCUT2D eigenvalue weighted by molar-refractivity contribution is -0.155. The van der Waals surface area contributed by atoms with Crippen LogP contribution in [0.25, 0.3) is 0 Å². The summed E-state index contributed by atoms with van der Waals surface area (Å²) in [5, 5.41) is 15.6. The normalized spacial score (nSPS) is 18.5. The molecule has 0 aromatic rings. The van der Waals surface area contributed by atoms with Gasteiger partial charge in [0, 0.05) is 12.6 Å². The molecule has 1 aliphatic rings. The quantitative estimate of drug-likeness (QED) is 0.231. The number of nitrogens with one attached hydrogen (secondary N) is 2. The molecule has 0 aromatic heterocycles. The summed E-state index contributed by atoms with van der Waals surface area (Å²) < 4.78 is 37.5. The summed E-state index contributed by atoms with van der Waals surface area (Å²) in [4.78, 5) is 11.2. The number of nitrogens with zero attached hydrogens (tertiary/aromatic N) is 1. The highest BCUT2D eigenvalue weighted by molar-refractivity contribution is 5.83. The van der Waals surface area contributed by atoms with E-state index in [1.54, 1.807) is 0 Å². The van der Waals surface area contributed by atoms with Gasteiger partial charge >= 0.3 is 6.18 Å². The first-order valence-electron chi connectivity index (χ1n) is 5.38. The predicted octanol–water partition coefficient (Wildman–Crippen LogP) is -0.221. The monoisotopic (exact) mass is 268 g/mol. The predicted molar refractivity (Wildman–Crippen MR) is 57.0 cm³/mol. The molecule has 1 rings (SSSR count). The van der Waals surface area contributed by atoms with Crippen molar-refractivity contribution in [2.45, 2.75) is 25.1 Å². The zero-order chi connectivity index (χ0) is 13.8. The first-order valence-corrected chi connectivity index (χ1v) is 5.38. The molecule has 0 aliphatic heterocycles. The molecule has 0 heterocycles. The number of halogens is 3. The van der Waals surface area contributed by atoms with E-state index in [9.17, 15) is 18.0 Å². The lowest BCUT2D eigenvalue weighted by Crippen LogP contribution is -2.45. The van der Waals surface area contributed by atoms with Crippen LogP contribution in [0.2, 0.25) is 0 Å². The highest BCUT2D eigenvalue weighted by atomic mass is 19.4. The van der Waals surface area contributed by atoms with Gasteiger partial charge < -0.3 is 21.6 Å². The number of carbonyl (C=O) groups is 1. The second-order valence-electron chi connectivity index (χ2n) is 4.09. The standard InChI is InChI=1S/C9H15F3N4O2/c10-9(11,12)6(8(13)16-18)3-14-4-7(17)15-5-1-2-5/h5-6,14,18H,1-4H2,(H2,13,16)(H,15,17). The number of nitrogens with two attached hydrogens (primary N) is 1. The van der Waals surface area contributed by atoms with Gasteiger partial charge in [-0.3, -0.25) is 4.79 Å². The molecule has 5 N–H and O–H groups in total. The van der Waals surface area contributed by atoms with Gasteiger partial charge in [0.25, 0.3) is 0 Å². The van der Waals surface area contributed by atoms with Crippen LogP contribution in [0.1, 0.15) is 12.8 Å². The van der Waals surface area contributed by atoms with Crippen molar-refractivity contribution in [3.8, 4) is 0 Å². The van der Waals surface area contributed by atoms with Crippen LogP contribution in [-0.2, 0) is 4.79 Å². The van der Waals surface area contributed by atoms with Crippen molar-refractivity contribution in [2.75, 3.05) is 13.1 Å². The number of amides is 1. The third-order valence-electron chi connectivity index (χ3n) is 2.44. The Bertz CT molecular complexity index is 328. The van der Waals surface area contributed by atoms with E-state index in [0.717, 1.165) is 12.8 Å². The van der Waals surface area contributed by atoms with Crippen LogP contribution in [0.5, 0.6) is 0 Å². The molecular weight excluding hydrogens is 253 g/mol. The molecule has 0 radical (unpaired) electrons. The van der Waals surface area contributed by atoms with Crippen molar-refractivity contribution in [1.82, 2.24) is 10.6 Å². The largest absolute Gasteiger partial charge is 0.409 e. The Labute approximate surface area is 101 Å². The summed E-state index contributed by atoms with van der Waals surface area (Å²) in [6.45, 7) is -0.848. The molecule has 104 valence electrons. The van der Waals surface area contributed by atoms with Gasteiger partial charge in [0.1, 0.15) is 5.92 Å². The van der Waals surface area contributed by atoms with Crippen LogP contribution in [0, 0.1) is 5.92 Å². The van der Waals surface area contributed by atoms with Crippen LogP contribution in [0.4, 0.5) is 13.2 Å². The minimum absolute atomic E-state index is 0.154. The van der Waals surface area contributed by atoms with E-state index in [1.165, 1.54) is 0 Å². The number of oxime groups is 1. The number of rotatable bonds is 6. The highest BCUT2D eigenvalue weighted by Gasteiger charge is 2.42. The van der Waals surface area contributed by atoms with E-state index in [2.05, 4.69) is 15.8 Å². The molecule has 18 heavy (non-hydrogen) atoms. The number of carbonyl (C=O) groups excluding carboxylic acids is 1. The third-order valence-corrected chi connectivity index (χ3v) is 2.44. The topological polar surface area (TPSA) is 99.7 Å². The van der Waals surface area contributed by atoms with E-state index < -0.39 is 24.5 Å². The van der Waals surface area contributed by atoms with E-state index >= 15 is 0 Å². The molecule has 1 fully saturated rings. The molecule has 1 unspecified atom stereocenters. The molecule has 0 spiro atoms. The van der Waals surface area contributed by atoms with Gasteiger partial charge in [-0.15, -0.1) is 0 Å². The lowest BCUT2D eigenvalue weighted by Gasteiger charge is -2.19. The van der Waals surface area contributed by atoms with Crippen LogP contribution >= 0.6 is 0 Å². The Balaban J connectivity index is 2.35. The minimum atomic E-state index is -4.63. The van der Waals surface area contributed by atoms with E-state index in [4.69, 9.17) is 10.9 Å². The van der Waals surface area contributed by atoms with Crippen molar-refractivity contribution in [1.29, 1.82) is 0 Å². The van der Waals surface area contributed by atoms with Crippen molar-refractivity contribution in [3.05, 3.63) is 0 Å². The Kier molecular flexibility index (Phi) is 4.76. The first kappa shape index (κ1) is 14.6. The molecule has 1 saturated carbocycles. The Hall–Kier alpha value is -1.51. The van der Waals surface area contributed by atoms with Gasteiger partial charge in [-0.2, -0.15) is 13.2 Å². The van der Waals surface area contributed by atoms with Crippen LogP contribution in [0.15, 0.2) is 5.16 Å². The van der Waals surface area contributed by atoms with Crippen LogP contribution in [-0.4, -0.2) is 42.3 Å². The van der Waals surface area contributed by atoms with Gasteiger partial charge in [-0.1, -0.05) is 5.16 Å². The summed E-state index contributed by atoms with van der Waals surface area (Å²) in [5.74, 6) is -3.41. The number of hydrogen-bond acceptors (Lipinski definition) is 4. The molecule has 1 atom stereocenters. The Morgan fingerprint density at radius 3 is 2.56 bits per heavy atom. The fraction of sp³-hybridized carbons (Fsp3) is 0.778. The minimum Gasteiger partial charge on any atom is -0.409 e. The molecule has 0 aromatic carbocycles. The Morgan fingerprint density at radius 2 is 2.11 bits per heavy atom. The second kappa shape index (κ2) is 5.89. The SMILES string of the molecule is NC(=NO)C(CNCC(=O)NC1CC1)C(F)(F)F. The smallest absolute Gasteiger partial charge is 0.400 e. The molecule has 6 nitrogen and oxygen atoms in total. The maximum Gasteiger partial charge on any atom is 0.400 e. The van der Waals surface area contributed by atoms with Crippen molar-refractivity contribution in [3.63, 3.8) is 0 Å². The molecule has 0 bridgehead atoms. The number of alkyl halides is 3. The Morgan fingerprint density at radius 1 is 1.50 bits per heavy atom. The molecule has 9 heteroatoms. The van der Waals surface area contributed by atoms with E-state index in [0.29, 0.717) is 0 Å². The van der Waals surface area contributed by atoms with Gasteiger partial charge in [-0.05, 0) is 12.8 Å². The summed E-state index contributed by atoms with van der Waals surface area (Å²) in [5.41, 5.74) is 4.95.